The topological polar surface area (TPSA) is 75.3 Å². The minimum atomic E-state index is -3.35. The Kier molecular flexibility index (Phi) is 5.11. The Bertz CT molecular complexity index is 639. The lowest BCUT2D eigenvalue weighted by Crippen LogP contribution is -2.29. The van der Waals surface area contributed by atoms with E-state index in [-0.39, 0.29) is 11.9 Å². The number of benzene rings is 1. The molecule has 1 aromatic carbocycles. The van der Waals surface area contributed by atoms with Gasteiger partial charge in [0.05, 0.1) is 18.0 Å². The van der Waals surface area contributed by atoms with Gasteiger partial charge in [-0.15, -0.1) is 0 Å². The van der Waals surface area contributed by atoms with E-state index >= 15 is 0 Å². The molecule has 1 aromatic rings. The van der Waals surface area contributed by atoms with Crippen molar-refractivity contribution in [3.8, 4) is 0 Å². The highest BCUT2D eigenvalue weighted by Crippen LogP contribution is 2.38. The second-order valence-corrected chi connectivity index (χ2v) is 8.02. The first-order valence-corrected chi connectivity index (χ1v) is 9.51. The monoisotopic (exact) mass is 324 g/mol. The minimum Gasteiger partial charge on any atom is -0.349 e. The number of sulfonamides is 1. The van der Waals surface area contributed by atoms with Crippen LogP contribution in [0, 0.1) is 11.8 Å². The van der Waals surface area contributed by atoms with Gasteiger partial charge in [0.1, 0.15) is 0 Å². The zero-order valence-electron chi connectivity index (χ0n) is 13.3. The molecule has 0 saturated heterocycles. The molecule has 1 fully saturated rings. The summed E-state index contributed by atoms with van der Waals surface area (Å²) in [5, 5.41) is 2.96. The Morgan fingerprint density at radius 3 is 2.50 bits per heavy atom. The number of hydrogen-bond donors (Lipinski definition) is 2. The van der Waals surface area contributed by atoms with Crippen molar-refractivity contribution in [3.63, 3.8) is 0 Å². The number of anilines is 1. The molecule has 0 spiro atoms. The Hall–Kier alpha value is -1.56. The minimum absolute atomic E-state index is 0.0149. The molecule has 1 aliphatic carbocycles. The van der Waals surface area contributed by atoms with Crippen LogP contribution >= 0.6 is 0 Å². The molecule has 0 bridgehead atoms. The molecule has 0 aliphatic heterocycles. The van der Waals surface area contributed by atoms with Crippen LogP contribution in [0.25, 0.3) is 0 Å². The van der Waals surface area contributed by atoms with Gasteiger partial charge in [0, 0.05) is 6.42 Å². The van der Waals surface area contributed by atoms with Gasteiger partial charge in [-0.05, 0) is 43.2 Å². The van der Waals surface area contributed by atoms with Gasteiger partial charge in [0.2, 0.25) is 15.9 Å². The molecule has 0 aromatic heterocycles. The summed E-state index contributed by atoms with van der Waals surface area (Å²) in [6.07, 6.45) is 4.09. The predicted molar refractivity (Wildman–Crippen MR) is 88.0 cm³/mol. The normalized spacial score (nSPS) is 17.6. The van der Waals surface area contributed by atoms with Crippen molar-refractivity contribution >= 4 is 21.6 Å². The van der Waals surface area contributed by atoms with Crippen LogP contribution in [0.2, 0.25) is 0 Å². The van der Waals surface area contributed by atoms with Crippen LogP contribution in [0.4, 0.5) is 5.69 Å². The largest absolute Gasteiger partial charge is 0.349 e. The maximum atomic E-state index is 12.1. The molecule has 22 heavy (non-hydrogen) atoms. The Morgan fingerprint density at radius 1 is 1.27 bits per heavy atom. The summed E-state index contributed by atoms with van der Waals surface area (Å²) in [6, 6.07) is 6.87. The number of hydrogen-bond acceptors (Lipinski definition) is 3. The fourth-order valence-corrected chi connectivity index (χ4v) is 3.26. The highest BCUT2D eigenvalue weighted by Gasteiger charge is 2.29. The number of carbonyl (C=O) groups is 1. The van der Waals surface area contributed by atoms with Crippen molar-refractivity contribution in [2.24, 2.45) is 11.8 Å². The van der Waals surface area contributed by atoms with E-state index in [0.29, 0.717) is 23.9 Å². The van der Waals surface area contributed by atoms with Crippen molar-refractivity contribution in [2.45, 2.75) is 39.2 Å². The van der Waals surface area contributed by atoms with Crippen molar-refractivity contribution < 1.29 is 13.2 Å². The molecule has 6 heteroatoms. The predicted octanol–water partition coefficient (Wildman–Crippen LogP) is 2.67. The number of nitrogens with one attached hydrogen (secondary N) is 2. The van der Waals surface area contributed by atoms with Gasteiger partial charge >= 0.3 is 0 Å². The lowest BCUT2D eigenvalue weighted by atomic mass is 10.0. The first kappa shape index (κ1) is 16.8. The fraction of sp³-hybridized carbons (Fsp3) is 0.562. The van der Waals surface area contributed by atoms with Crippen LogP contribution in [0.1, 0.15) is 44.7 Å². The lowest BCUT2D eigenvalue weighted by molar-refractivity contribution is -0.122. The molecule has 5 nitrogen and oxygen atoms in total. The maximum absolute atomic E-state index is 12.1. The average Bonchev–Trinajstić information content (AvgIpc) is 3.21. The Morgan fingerprint density at radius 2 is 1.91 bits per heavy atom. The van der Waals surface area contributed by atoms with E-state index in [2.05, 4.69) is 17.0 Å². The van der Waals surface area contributed by atoms with E-state index in [0.717, 1.165) is 11.8 Å². The SMILES string of the molecule is CC(NC(=O)CC(C)C1CC1)c1ccccc1NS(C)(=O)=O. The van der Waals surface area contributed by atoms with Crippen LogP contribution in [-0.2, 0) is 14.8 Å². The van der Waals surface area contributed by atoms with Crippen LogP contribution in [0.5, 0.6) is 0 Å². The first-order chi connectivity index (χ1) is 10.3. The second kappa shape index (κ2) is 6.69. The van der Waals surface area contributed by atoms with Crippen molar-refractivity contribution in [1.82, 2.24) is 5.32 Å². The molecule has 2 unspecified atom stereocenters. The van der Waals surface area contributed by atoms with Gasteiger partial charge in [-0.2, -0.15) is 0 Å². The van der Waals surface area contributed by atoms with E-state index in [4.69, 9.17) is 0 Å². The maximum Gasteiger partial charge on any atom is 0.229 e. The molecule has 2 rings (SSSR count). The second-order valence-electron chi connectivity index (χ2n) is 6.27. The first-order valence-electron chi connectivity index (χ1n) is 7.62. The van der Waals surface area contributed by atoms with Crippen molar-refractivity contribution in [3.05, 3.63) is 29.8 Å². The van der Waals surface area contributed by atoms with E-state index in [1.165, 1.54) is 12.8 Å². The van der Waals surface area contributed by atoms with Gasteiger partial charge in [-0.1, -0.05) is 25.1 Å². The third kappa shape index (κ3) is 5.02. The zero-order valence-corrected chi connectivity index (χ0v) is 14.1. The Balaban J connectivity index is 2.02. The van der Waals surface area contributed by atoms with Crippen LogP contribution in [0.3, 0.4) is 0 Å². The number of rotatable bonds is 7. The average molecular weight is 324 g/mol. The van der Waals surface area contributed by atoms with E-state index < -0.39 is 10.0 Å². The van der Waals surface area contributed by atoms with Crippen LogP contribution < -0.4 is 10.0 Å². The van der Waals surface area contributed by atoms with Gasteiger partial charge in [0.25, 0.3) is 0 Å². The molecular weight excluding hydrogens is 300 g/mol. The number of para-hydroxylation sites is 1. The van der Waals surface area contributed by atoms with Gasteiger partial charge in [-0.3, -0.25) is 9.52 Å². The van der Waals surface area contributed by atoms with Crippen LogP contribution in [-0.4, -0.2) is 20.6 Å². The molecule has 0 heterocycles. The number of carbonyl (C=O) groups excluding carboxylic acids is 1. The lowest BCUT2D eigenvalue weighted by Gasteiger charge is -2.19. The standard InChI is InChI=1S/C16H24N2O3S/c1-11(13-8-9-13)10-16(19)17-12(2)14-6-4-5-7-15(14)18-22(3,20)21/h4-7,11-13,18H,8-10H2,1-3H3,(H,17,19). The summed E-state index contributed by atoms with van der Waals surface area (Å²) in [5.74, 6) is 1.12. The molecular formula is C16H24N2O3S. The van der Waals surface area contributed by atoms with E-state index in [1.807, 2.05) is 19.1 Å². The quantitative estimate of drug-likeness (QED) is 0.809. The molecule has 122 valence electrons. The zero-order chi connectivity index (χ0) is 16.3. The summed E-state index contributed by atoms with van der Waals surface area (Å²) in [6.45, 7) is 3.98. The van der Waals surface area contributed by atoms with Gasteiger partial charge in [0.15, 0.2) is 0 Å². The fourth-order valence-electron chi connectivity index (χ4n) is 2.67. The Labute approximate surface area is 132 Å². The summed E-state index contributed by atoms with van der Waals surface area (Å²) in [7, 11) is -3.35. The molecule has 0 radical (unpaired) electrons. The molecule has 1 aliphatic rings. The molecule has 1 saturated carbocycles. The third-order valence-corrected chi connectivity index (χ3v) is 4.62. The summed E-state index contributed by atoms with van der Waals surface area (Å²) < 4.78 is 25.3. The summed E-state index contributed by atoms with van der Waals surface area (Å²) >= 11 is 0. The third-order valence-electron chi connectivity index (χ3n) is 4.03. The molecule has 2 atom stereocenters. The van der Waals surface area contributed by atoms with Crippen molar-refractivity contribution in [2.75, 3.05) is 11.0 Å². The van der Waals surface area contributed by atoms with E-state index in [9.17, 15) is 13.2 Å². The number of amides is 1. The molecule has 1 amide bonds. The summed E-state index contributed by atoms with van der Waals surface area (Å²) in [5.41, 5.74) is 1.27. The molecule has 2 N–H and O–H groups in total. The highest BCUT2D eigenvalue weighted by molar-refractivity contribution is 7.92. The smallest absolute Gasteiger partial charge is 0.229 e. The van der Waals surface area contributed by atoms with Gasteiger partial charge in [-0.25, -0.2) is 8.42 Å². The summed E-state index contributed by atoms with van der Waals surface area (Å²) in [4.78, 5) is 12.1. The van der Waals surface area contributed by atoms with Crippen molar-refractivity contribution in [1.29, 1.82) is 0 Å². The van der Waals surface area contributed by atoms with Crippen LogP contribution in [0.15, 0.2) is 24.3 Å². The van der Waals surface area contributed by atoms with Gasteiger partial charge < -0.3 is 5.32 Å². The van der Waals surface area contributed by atoms with E-state index in [1.54, 1.807) is 12.1 Å². The highest BCUT2D eigenvalue weighted by atomic mass is 32.2.